The molecule has 1 aromatic carbocycles. The lowest BCUT2D eigenvalue weighted by atomic mass is 10.2. The van der Waals surface area contributed by atoms with Gasteiger partial charge < -0.3 is 9.53 Å². The van der Waals surface area contributed by atoms with E-state index < -0.39 is 0 Å². The quantitative estimate of drug-likeness (QED) is 0.813. The number of nitrogens with zero attached hydrogens (tertiary/aromatic N) is 1. The highest BCUT2D eigenvalue weighted by Gasteiger charge is 2.07. The van der Waals surface area contributed by atoms with Crippen molar-refractivity contribution in [2.24, 2.45) is 0 Å². The van der Waals surface area contributed by atoms with Crippen LogP contribution in [0.1, 0.15) is 5.01 Å². The molecule has 0 bridgehead atoms. The highest BCUT2D eigenvalue weighted by Crippen LogP contribution is 2.30. The molecule has 5 heteroatoms. The average molecular weight is 312 g/mol. The molecule has 2 rings (SSSR count). The van der Waals surface area contributed by atoms with E-state index in [4.69, 9.17) is 4.74 Å². The summed E-state index contributed by atoms with van der Waals surface area (Å²) in [5.41, 5.74) is 1.89. The smallest absolute Gasteiger partial charge is 0.133 e. The molecule has 1 aromatic heterocycles. The summed E-state index contributed by atoms with van der Waals surface area (Å²) in [6.45, 7) is 0. The number of halogens is 1. The summed E-state index contributed by atoms with van der Waals surface area (Å²) >= 11 is 4.93. The molecule has 0 fully saturated rings. The van der Waals surface area contributed by atoms with Crippen LogP contribution in [0, 0.1) is 0 Å². The zero-order valence-corrected chi connectivity index (χ0v) is 11.5. The van der Waals surface area contributed by atoms with Gasteiger partial charge in [0.1, 0.15) is 17.0 Å². The molecule has 0 aliphatic rings. The number of ether oxygens (including phenoxy) is 1. The average Bonchev–Trinajstić information content (AvgIpc) is 2.78. The van der Waals surface area contributed by atoms with Crippen molar-refractivity contribution in [1.82, 2.24) is 4.98 Å². The van der Waals surface area contributed by atoms with Crippen LogP contribution < -0.4 is 4.74 Å². The van der Waals surface area contributed by atoms with Crippen LogP contribution in [0.4, 0.5) is 0 Å². The van der Waals surface area contributed by atoms with E-state index in [0.29, 0.717) is 6.42 Å². The SMILES string of the molecule is COc1ccc(-c2csc(CC=O)n2)cc1Br. The van der Waals surface area contributed by atoms with E-state index >= 15 is 0 Å². The summed E-state index contributed by atoms with van der Waals surface area (Å²) in [6, 6.07) is 5.79. The van der Waals surface area contributed by atoms with Gasteiger partial charge >= 0.3 is 0 Å². The first-order chi connectivity index (χ1) is 8.24. The first kappa shape index (κ1) is 12.3. The standard InChI is InChI=1S/C12H10BrNO2S/c1-16-11-3-2-8(6-9(11)13)10-7-17-12(14-10)4-5-15/h2-3,5-7H,4H2,1H3. The van der Waals surface area contributed by atoms with E-state index in [1.54, 1.807) is 7.11 Å². The number of methoxy groups -OCH3 is 1. The second-order valence-electron chi connectivity index (χ2n) is 3.35. The fourth-order valence-corrected chi connectivity index (χ4v) is 2.73. The number of aldehydes is 1. The molecule has 2 aromatic rings. The Hall–Kier alpha value is -1.20. The van der Waals surface area contributed by atoms with Gasteiger partial charge in [-0.05, 0) is 34.1 Å². The highest BCUT2D eigenvalue weighted by molar-refractivity contribution is 9.10. The van der Waals surface area contributed by atoms with Gasteiger partial charge in [-0.15, -0.1) is 11.3 Å². The Morgan fingerprint density at radius 1 is 1.53 bits per heavy atom. The van der Waals surface area contributed by atoms with Crippen molar-refractivity contribution in [1.29, 1.82) is 0 Å². The maximum atomic E-state index is 10.4. The van der Waals surface area contributed by atoms with Gasteiger partial charge in [0.2, 0.25) is 0 Å². The Balaban J connectivity index is 2.32. The van der Waals surface area contributed by atoms with Crippen LogP contribution in [-0.4, -0.2) is 18.4 Å². The van der Waals surface area contributed by atoms with Crippen molar-refractivity contribution in [3.63, 3.8) is 0 Å². The van der Waals surface area contributed by atoms with E-state index in [-0.39, 0.29) is 0 Å². The fourth-order valence-electron chi connectivity index (χ4n) is 1.43. The molecule has 3 nitrogen and oxygen atoms in total. The van der Waals surface area contributed by atoms with E-state index in [1.807, 2.05) is 23.6 Å². The largest absolute Gasteiger partial charge is 0.496 e. The minimum atomic E-state index is 0.377. The molecule has 0 aliphatic heterocycles. The number of carbonyl (C=O) groups excluding carboxylic acids is 1. The van der Waals surface area contributed by atoms with Gasteiger partial charge in [0.05, 0.1) is 23.7 Å². The lowest BCUT2D eigenvalue weighted by Gasteiger charge is -2.04. The first-order valence-electron chi connectivity index (χ1n) is 4.96. The van der Waals surface area contributed by atoms with Crippen molar-refractivity contribution < 1.29 is 9.53 Å². The predicted molar refractivity (Wildman–Crippen MR) is 71.6 cm³/mol. The van der Waals surface area contributed by atoms with Crippen LogP contribution in [0.2, 0.25) is 0 Å². The molecule has 88 valence electrons. The molecule has 0 saturated heterocycles. The molecule has 0 N–H and O–H groups in total. The zero-order chi connectivity index (χ0) is 12.3. The molecule has 0 atom stereocenters. The van der Waals surface area contributed by atoms with E-state index in [9.17, 15) is 4.79 Å². The van der Waals surface area contributed by atoms with Crippen molar-refractivity contribution in [3.05, 3.63) is 33.1 Å². The number of benzene rings is 1. The molecular weight excluding hydrogens is 302 g/mol. The summed E-state index contributed by atoms with van der Waals surface area (Å²) in [5, 5.41) is 2.79. The van der Waals surface area contributed by atoms with Crippen molar-refractivity contribution in [3.8, 4) is 17.0 Å². The van der Waals surface area contributed by atoms with Crippen LogP contribution in [0.15, 0.2) is 28.1 Å². The van der Waals surface area contributed by atoms with E-state index in [0.717, 1.165) is 32.8 Å². The van der Waals surface area contributed by atoms with Crippen molar-refractivity contribution >= 4 is 33.6 Å². The van der Waals surface area contributed by atoms with E-state index in [1.165, 1.54) is 11.3 Å². The Kier molecular flexibility index (Phi) is 3.91. The number of aromatic nitrogens is 1. The maximum Gasteiger partial charge on any atom is 0.133 e. The predicted octanol–water partition coefficient (Wildman–Crippen LogP) is 3.32. The molecule has 0 saturated carbocycles. The minimum Gasteiger partial charge on any atom is -0.496 e. The lowest BCUT2D eigenvalue weighted by Crippen LogP contribution is -1.87. The summed E-state index contributed by atoms with van der Waals surface area (Å²) in [4.78, 5) is 14.8. The molecule has 0 amide bonds. The number of thiazole rings is 1. The second-order valence-corrected chi connectivity index (χ2v) is 5.14. The molecule has 1 heterocycles. The molecule has 0 radical (unpaired) electrons. The van der Waals surface area contributed by atoms with Gasteiger partial charge in [-0.2, -0.15) is 0 Å². The Bertz CT molecular complexity index is 539. The van der Waals surface area contributed by atoms with Gasteiger partial charge in [-0.3, -0.25) is 0 Å². The first-order valence-corrected chi connectivity index (χ1v) is 6.64. The Morgan fingerprint density at radius 3 is 3.00 bits per heavy atom. The normalized spacial score (nSPS) is 10.2. The highest BCUT2D eigenvalue weighted by atomic mass is 79.9. The van der Waals surface area contributed by atoms with Crippen LogP contribution in [0.25, 0.3) is 11.3 Å². The molecule has 17 heavy (non-hydrogen) atoms. The topological polar surface area (TPSA) is 39.2 Å². The van der Waals surface area contributed by atoms with Crippen LogP contribution in [0.3, 0.4) is 0 Å². The van der Waals surface area contributed by atoms with Crippen molar-refractivity contribution in [2.45, 2.75) is 6.42 Å². The third-order valence-electron chi connectivity index (χ3n) is 2.26. The molecule has 0 unspecified atom stereocenters. The van der Waals surface area contributed by atoms with Gasteiger partial charge in [-0.1, -0.05) is 0 Å². The summed E-state index contributed by atoms with van der Waals surface area (Å²) in [5.74, 6) is 0.789. The molecular formula is C12H10BrNO2S. The summed E-state index contributed by atoms with van der Waals surface area (Å²) in [7, 11) is 1.63. The van der Waals surface area contributed by atoms with E-state index in [2.05, 4.69) is 20.9 Å². The third-order valence-corrected chi connectivity index (χ3v) is 3.75. The zero-order valence-electron chi connectivity index (χ0n) is 9.14. The van der Waals surface area contributed by atoms with Crippen LogP contribution in [-0.2, 0) is 11.2 Å². The number of hydrogen-bond donors (Lipinski definition) is 0. The number of rotatable bonds is 4. The second kappa shape index (κ2) is 5.42. The summed E-state index contributed by atoms with van der Waals surface area (Å²) < 4.78 is 6.06. The Morgan fingerprint density at radius 2 is 2.35 bits per heavy atom. The Labute approximate surface area is 112 Å². The van der Waals surface area contributed by atoms with Crippen LogP contribution in [0.5, 0.6) is 5.75 Å². The molecule has 0 aliphatic carbocycles. The summed E-state index contributed by atoms with van der Waals surface area (Å²) in [6.07, 6.45) is 1.24. The van der Waals surface area contributed by atoms with Crippen LogP contribution >= 0.6 is 27.3 Å². The van der Waals surface area contributed by atoms with Gasteiger partial charge in [-0.25, -0.2) is 4.98 Å². The van der Waals surface area contributed by atoms with Gasteiger partial charge in [0, 0.05) is 10.9 Å². The number of carbonyl (C=O) groups is 1. The fraction of sp³-hybridized carbons (Fsp3) is 0.167. The lowest BCUT2D eigenvalue weighted by molar-refractivity contribution is -0.107. The minimum absolute atomic E-state index is 0.377. The van der Waals surface area contributed by atoms with Crippen molar-refractivity contribution in [2.75, 3.05) is 7.11 Å². The van der Waals surface area contributed by atoms with Gasteiger partial charge in [0.15, 0.2) is 0 Å². The van der Waals surface area contributed by atoms with Gasteiger partial charge in [0.25, 0.3) is 0 Å². The third kappa shape index (κ3) is 2.73. The molecule has 0 spiro atoms. The maximum absolute atomic E-state index is 10.4. The number of hydrogen-bond acceptors (Lipinski definition) is 4. The monoisotopic (exact) mass is 311 g/mol.